The fraction of sp³-hybridized carbons (Fsp3) is 0.842. The SMILES string of the molecule is CCCCCCCCCCCC=C(OC1CCCCO1)C(=O)O. The number of unbranched alkanes of at least 4 members (excludes halogenated alkanes) is 9. The zero-order chi connectivity index (χ0) is 16.8. The summed E-state index contributed by atoms with van der Waals surface area (Å²) in [5, 5.41) is 9.20. The Balaban J connectivity index is 2.08. The lowest BCUT2D eigenvalue weighted by atomic mass is 10.1. The zero-order valence-corrected chi connectivity index (χ0v) is 14.7. The minimum absolute atomic E-state index is 0.0523. The van der Waals surface area contributed by atoms with Gasteiger partial charge in [0.2, 0.25) is 5.76 Å². The second-order valence-electron chi connectivity index (χ2n) is 6.40. The van der Waals surface area contributed by atoms with Gasteiger partial charge >= 0.3 is 5.97 Å². The van der Waals surface area contributed by atoms with Crippen molar-refractivity contribution in [1.29, 1.82) is 0 Å². The minimum atomic E-state index is -0.991. The van der Waals surface area contributed by atoms with Gasteiger partial charge in [-0.05, 0) is 31.8 Å². The summed E-state index contributed by atoms with van der Waals surface area (Å²) in [6.07, 6.45) is 16.4. The largest absolute Gasteiger partial charge is 0.475 e. The molecule has 0 spiro atoms. The number of allylic oxidation sites excluding steroid dienone is 1. The third-order valence-corrected chi connectivity index (χ3v) is 4.24. The standard InChI is InChI=1S/C19H34O4/c1-2-3-4-5-6-7-8-9-10-11-14-17(19(20)21)23-18-15-12-13-16-22-18/h14,18H,2-13,15-16H2,1H3,(H,20,21). The Labute approximate surface area is 141 Å². The van der Waals surface area contributed by atoms with E-state index in [9.17, 15) is 9.90 Å². The number of carboxylic acid groups (broad SMARTS) is 1. The maximum Gasteiger partial charge on any atom is 0.370 e. The first-order chi connectivity index (χ1) is 11.2. The van der Waals surface area contributed by atoms with Crippen LogP contribution in [0.3, 0.4) is 0 Å². The number of carbonyl (C=O) groups is 1. The molecule has 1 atom stereocenters. The Kier molecular flexibility index (Phi) is 11.7. The number of aliphatic carboxylic acids is 1. The highest BCUT2D eigenvalue weighted by molar-refractivity contribution is 5.84. The van der Waals surface area contributed by atoms with E-state index in [1.807, 2.05) is 0 Å². The van der Waals surface area contributed by atoms with Crippen molar-refractivity contribution in [2.75, 3.05) is 6.61 Å². The van der Waals surface area contributed by atoms with Crippen molar-refractivity contribution < 1.29 is 19.4 Å². The van der Waals surface area contributed by atoms with E-state index in [0.717, 1.165) is 38.5 Å². The maximum atomic E-state index is 11.2. The zero-order valence-electron chi connectivity index (χ0n) is 14.7. The van der Waals surface area contributed by atoms with Crippen LogP contribution in [0, 0.1) is 0 Å². The van der Waals surface area contributed by atoms with Crippen LogP contribution >= 0.6 is 0 Å². The maximum absolute atomic E-state index is 11.2. The van der Waals surface area contributed by atoms with Crippen molar-refractivity contribution in [3.8, 4) is 0 Å². The molecule has 0 aromatic rings. The van der Waals surface area contributed by atoms with Crippen molar-refractivity contribution in [2.24, 2.45) is 0 Å². The van der Waals surface area contributed by atoms with E-state index in [1.165, 1.54) is 44.9 Å². The van der Waals surface area contributed by atoms with E-state index in [-0.39, 0.29) is 12.0 Å². The van der Waals surface area contributed by atoms with Gasteiger partial charge in [-0.15, -0.1) is 0 Å². The van der Waals surface area contributed by atoms with Gasteiger partial charge in [-0.1, -0.05) is 58.3 Å². The molecule has 1 heterocycles. The van der Waals surface area contributed by atoms with Crippen molar-refractivity contribution in [3.05, 3.63) is 11.8 Å². The van der Waals surface area contributed by atoms with Crippen LogP contribution in [0.4, 0.5) is 0 Å². The molecule has 0 aliphatic carbocycles. The Morgan fingerprint density at radius 2 is 1.74 bits per heavy atom. The van der Waals surface area contributed by atoms with E-state index in [4.69, 9.17) is 9.47 Å². The molecule has 0 saturated carbocycles. The first-order valence-corrected chi connectivity index (χ1v) is 9.45. The molecule has 1 aliphatic rings. The van der Waals surface area contributed by atoms with Crippen LogP contribution in [0.25, 0.3) is 0 Å². The molecule has 0 aromatic carbocycles. The quantitative estimate of drug-likeness (QED) is 0.279. The van der Waals surface area contributed by atoms with E-state index < -0.39 is 5.97 Å². The van der Waals surface area contributed by atoms with Crippen LogP contribution in [0.2, 0.25) is 0 Å². The summed E-state index contributed by atoms with van der Waals surface area (Å²) >= 11 is 0. The molecule has 4 heteroatoms. The van der Waals surface area contributed by atoms with Gasteiger partial charge in [0.25, 0.3) is 0 Å². The average molecular weight is 326 g/mol. The molecule has 1 rings (SSSR count). The number of hydrogen-bond acceptors (Lipinski definition) is 3. The van der Waals surface area contributed by atoms with Gasteiger partial charge in [-0.2, -0.15) is 0 Å². The van der Waals surface area contributed by atoms with E-state index >= 15 is 0 Å². The van der Waals surface area contributed by atoms with Crippen LogP contribution in [-0.2, 0) is 14.3 Å². The van der Waals surface area contributed by atoms with Gasteiger partial charge in [0, 0.05) is 6.42 Å². The molecule has 23 heavy (non-hydrogen) atoms. The minimum Gasteiger partial charge on any atom is -0.475 e. The lowest BCUT2D eigenvalue weighted by molar-refractivity contribution is -0.159. The molecule has 1 saturated heterocycles. The van der Waals surface area contributed by atoms with Crippen molar-refractivity contribution in [3.63, 3.8) is 0 Å². The summed E-state index contributed by atoms with van der Waals surface area (Å²) in [5.41, 5.74) is 0. The first-order valence-electron chi connectivity index (χ1n) is 9.45. The Bertz CT molecular complexity index is 332. The second-order valence-corrected chi connectivity index (χ2v) is 6.40. The van der Waals surface area contributed by atoms with E-state index in [0.29, 0.717) is 6.61 Å². The average Bonchev–Trinajstić information content (AvgIpc) is 2.56. The van der Waals surface area contributed by atoms with Crippen molar-refractivity contribution in [2.45, 2.75) is 96.7 Å². The first kappa shape index (κ1) is 20.0. The van der Waals surface area contributed by atoms with E-state index in [1.54, 1.807) is 6.08 Å². The molecule has 134 valence electrons. The molecule has 0 aromatic heterocycles. The normalized spacial score (nSPS) is 18.8. The second kappa shape index (κ2) is 13.4. The monoisotopic (exact) mass is 326 g/mol. The molecule has 1 unspecified atom stereocenters. The van der Waals surface area contributed by atoms with Crippen LogP contribution in [0.15, 0.2) is 11.8 Å². The Morgan fingerprint density at radius 1 is 1.09 bits per heavy atom. The summed E-state index contributed by atoms with van der Waals surface area (Å²) in [6.45, 7) is 2.90. The van der Waals surface area contributed by atoms with Gasteiger partial charge in [0.1, 0.15) is 0 Å². The third-order valence-electron chi connectivity index (χ3n) is 4.24. The fourth-order valence-electron chi connectivity index (χ4n) is 2.82. The third kappa shape index (κ3) is 10.4. The van der Waals surface area contributed by atoms with E-state index in [2.05, 4.69) is 6.92 Å². The van der Waals surface area contributed by atoms with Crippen LogP contribution in [0.5, 0.6) is 0 Å². The topological polar surface area (TPSA) is 55.8 Å². The molecule has 1 aliphatic heterocycles. The molecular weight excluding hydrogens is 292 g/mol. The van der Waals surface area contributed by atoms with Gasteiger partial charge in [0.15, 0.2) is 6.29 Å². The Morgan fingerprint density at radius 3 is 2.30 bits per heavy atom. The number of hydrogen-bond donors (Lipinski definition) is 1. The highest BCUT2D eigenvalue weighted by Crippen LogP contribution is 2.18. The molecule has 1 fully saturated rings. The summed E-state index contributed by atoms with van der Waals surface area (Å²) in [6, 6.07) is 0. The summed E-state index contributed by atoms with van der Waals surface area (Å²) in [4.78, 5) is 11.2. The molecule has 1 N–H and O–H groups in total. The number of ether oxygens (including phenoxy) is 2. The summed E-state index contributed by atoms with van der Waals surface area (Å²) in [5.74, 6) is -0.938. The fourth-order valence-corrected chi connectivity index (χ4v) is 2.82. The molecule has 0 radical (unpaired) electrons. The molecule has 0 bridgehead atoms. The predicted octanol–water partition coefficient (Wildman–Crippen LogP) is 5.42. The lowest BCUT2D eigenvalue weighted by Gasteiger charge is -2.23. The van der Waals surface area contributed by atoms with Crippen LogP contribution < -0.4 is 0 Å². The smallest absolute Gasteiger partial charge is 0.370 e. The van der Waals surface area contributed by atoms with Gasteiger partial charge in [-0.25, -0.2) is 4.79 Å². The van der Waals surface area contributed by atoms with Crippen LogP contribution in [-0.4, -0.2) is 24.0 Å². The predicted molar refractivity (Wildman–Crippen MR) is 92.2 cm³/mol. The highest BCUT2D eigenvalue weighted by Gasteiger charge is 2.19. The number of carboxylic acids is 1. The summed E-state index contributed by atoms with van der Waals surface area (Å²) < 4.78 is 10.9. The number of rotatable bonds is 13. The van der Waals surface area contributed by atoms with Crippen LogP contribution in [0.1, 0.15) is 90.4 Å². The molecule has 4 nitrogen and oxygen atoms in total. The van der Waals surface area contributed by atoms with Crippen molar-refractivity contribution in [1.82, 2.24) is 0 Å². The van der Waals surface area contributed by atoms with Gasteiger partial charge < -0.3 is 14.6 Å². The highest BCUT2D eigenvalue weighted by atomic mass is 16.7. The van der Waals surface area contributed by atoms with Gasteiger partial charge in [0.05, 0.1) is 6.61 Å². The van der Waals surface area contributed by atoms with Crippen molar-refractivity contribution >= 4 is 5.97 Å². The molecule has 0 amide bonds. The molecular formula is C19H34O4. The summed E-state index contributed by atoms with van der Waals surface area (Å²) in [7, 11) is 0. The Hall–Kier alpha value is -1.03. The van der Waals surface area contributed by atoms with Gasteiger partial charge in [-0.3, -0.25) is 0 Å². The lowest BCUT2D eigenvalue weighted by Crippen LogP contribution is -2.24.